The summed E-state index contributed by atoms with van der Waals surface area (Å²) in [5.41, 5.74) is 1.79. The molecule has 0 spiro atoms. The number of hydrogen-bond acceptors (Lipinski definition) is 2. The highest BCUT2D eigenvalue weighted by atomic mass is 19.1. The third-order valence-corrected chi connectivity index (χ3v) is 6.73. The van der Waals surface area contributed by atoms with E-state index in [2.05, 4.69) is 5.32 Å². The predicted molar refractivity (Wildman–Crippen MR) is 115 cm³/mol. The second kappa shape index (κ2) is 8.58. The zero-order valence-electron chi connectivity index (χ0n) is 17.5. The van der Waals surface area contributed by atoms with Gasteiger partial charge in [-0.2, -0.15) is 0 Å². The average molecular weight is 409 g/mol. The van der Waals surface area contributed by atoms with Crippen LogP contribution in [0.4, 0.5) is 4.39 Å². The van der Waals surface area contributed by atoms with Crippen molar-refractivity contribution in [2.75, 3.05) is 20.1 Å². The summed E-state index contributed by atoms with van der Waals surface area (Å²) in [5.74, 6) is 0.103. The fourth-order valence-electron chi connectivity index (χ4n) is 4.80. The largest absolute Gasteiger partial charge is 0.359 e. The highest BCUT2D eigenvalue weighted by molar-refractivity contribution is 5.85. The van der Waals surface area contributed by atoms with Gasteiger partial charge in [0.15, 0.2) is 0 Å². The number of halogens is 1. The molecule has 1 N–H and O–H groups in total. The van der Waals surface area contributed by atoms with Crippen LogP contribution in [0.3, 0.4) is 0 Å². The van der Waals surface area contributed by atoms with Gasteiger partial charge in [0.05, 0.1) is 5.41 Å². The van der Waals surface area contributed by atoms with Gasteiger partial charge in [-0.25, -0.2) is 4.39 Å². The van der Waals surface area contributed by atoms with E-state index in [9.17, 15) is 14.0 Å². The molecular formula is C25H29FN2O2. The summed E-state index contributed by atoms with van der Waals surface area (Å²) in [6, 6.07) is 14.5. The lowest BCUT2D eigenvalue weighted by Crippen LogP contribution is -2.55. The standard InChI is InChI=1S/C25H29FN2O2/c1-27-24(30)25(14-5-15-28(17-25)23(29)20-6-4-7-20)16-18-10-12-19(13-11-18)21-8-2-3-9-22(21)26/h2-3,8-13,20H,4-7,14-17H2,1H3,(H,27,30)/t25-/m1/s1. The summed E-state index contributed by atoms with van der Waals surface area (Å²) in [5, 5.41) is 2.83. The second-order valence-electron chi connectivity index (χ2n) is 8.70. The van der Waals surface area contributed by atoms with Crippen LogP contribution in [0.25, 0.3) is 11.1 Å². The zero-order valence-corrected chi connectivity index (χ0v) is 17.5. The molecule has 1 saturated carbocycles. The number of benzene rings is 2. The predicted octanol–water partition coefficient (Wildman–Crippen LogP) is 4.19. The van der Waals surface area contributed by atoms with Crippen molar-refractivity contribution in [1.82, 2.24) is 10.2 Å². The number of amides is 2. The highest BCUT2D eigenvalue weighted by Gasteiger charge is 2.44. The van der Waals surface area contributed by atoms with Gasteiger partial charge < -0.3 is 10.2 Å². The molecule has 0 aromatic heterocycles. The van der Waals surface area contributed by atoms with Crippen molar-refractivity contribution < 1.29 is 14.0 Å². The number of hydrogen-bond donors (Lipinski definition) is 1. The number of likely N-dealkylation sites (tertiary alicyclic amines) is 1. The first kappa shape index (κ1) is 20.6. The minimum atomic E-state index is -0.619. The van der Waals surface area contributed by atoms with Crippen molar-refractivity contribution >= 4 is 11.8 Å². The zero-order chi connectivity index (χ0) is 21.1. The Hall–Kier alpha value is -2.69. The number of nitrogens with zero attached hydrogens (tertiary/aromatic N) is 1. The van der Waals surface area contributed by atoms with Crippen molar-refractivity contribution in [3.8, 4) is 11.1 Å². The van der Waals surface area contributed by atoms with Crippen molar-refractivity contribution in [2.24, 2.45) is 11.3 Å². The molecule has 2 aromatic carbocycles. The van der Waals surface area contributed by atoms with Crippen molar-refractivity contribution in [3.05, 3.63) is 59.9 Å². The van der Waals surface area contributed by atoms with E-state index in [1.54, 1.807) is 19.2 Å². The van der Waals surface area contributed by atoms with E-state index in [-0.39, 0.29) is 23.5 Å². The van der Waals surface area contributed by atoms with Crippen LogP contribution in [0.1, 0.15) is 37.7 Å². The van der Waals surface area contributed by atoms with Crippen molar-refractivity contribution in [1.29, 1.82) is 0 Å². The molecule has 4 nitrogen and oxygen atoms in total. The quantitative estimate of drug-likeness (QED) is 0.807. The van der Waals surface area contributed by atoms with Gasteiger partial charge in [-0.3, -0.25) is 9.59 Å². The summed E-state index contributed by atoms with van der Waals surface area (Å²) < 4.78 is 14.1. The summed E-state index contributed by atoms with van der Waals surface area (Å²) >= 11 is 0. The van der Waals surface area contributed by atoms with E-state index in [0.717, 1.165) is 49.8 Å². The number of carbonyl (C=O) groups excluding carboxylic acids is 2. The molecule has 158 valence electrons. The van der Waals surface area contributed by atoms with Gasteiger partial charge in [-0.1, -0.05) is 48.9 Å². The normalized spacial score (nSPS) is 21.7. The van der Waals surface area contributed by atoms with Gasteiger partial charge in [0.2, 0.25) is 11.8 Å². The van der Waals surface area contributed by atoms with Crippen LogP contribution in [0, 0.1) is 17.2 Å². The minimum absolute atomic E-state index is 0.00760. The molecule has 0 unspecified atom stereocenters. The second-order valence-corrected chi connectivity index (χ2v) is 8.70. The van der Waals surface area contributed by atoms with Crippen LogP contribution < -0.4 is 5.32 Å². The summed E-state index contributed by atoms with van der Waals surface area (Å²) in [6.45, 7) is 1.21. The van der Waals surface area contributed by atoms with Gasteiger partial charge in [0, 0.05) is 31.6 Å². The fourth-order valence-corrected chi connectivity index (χ4v) is 4.80. The Morgan fingerprint density at radius 3 is 2.47 bits per heavy atom. The first-order valence-electron chi connectivity index (χ1n) is 10.9. The van der Waals surface area contributed by atoms with Crippen LogP contribution in [0.5, 0.6) is 0 Å². The van der Waals surface area contributed by atoms with Gasteiger partial charge in [-0.15, -0.1) is 0 Å². The number of piperidine rings is 1. The molecule has 1 aliphatic heterocycles. The molecule has 0 bridgehead atoms. The lowest BCUT2D eigenvalue weighted by Gasteiger charge is -2.43. The Labute approximate surface area is 177 Å². The van der Waals surface area contributed by atoms with Gasteiger partial charge in [-0.05, 0) is 49.3 Å². The molecule has 1 atom stereocenters. The summed E-state index contributed by atoms with van der Waals surface area (Å²) in [4.78, 5) is 27.7. The minimum Gasteiger partial charge on any atom is -0.359 e. The maximum Gasteiger partial charge on any atom is 0.228 e. The molecule has 30 heavy (non-hydrogen) atoms. The van der Waals surface area contributed by atoms with E-state index in [1.807, 2.05) is 35.2 Å². The molecule has 1 saturated heterocycles. The van der Waals surface area contributed by atoms with Crippen molar-refractivity contribution in [2.45, 2.75) is 38.5 Å². The summed E-state index contributed by atoms with van der Waals surface area (Å²) in [7, 11) is 1.66. The van der Waals surface area contributed by atoms with E-state index in [0.29, 0.717) is 18.5 Å². The monoisotopic (exact) mass is 408 g/mol. The van der Waals surface area contributed by atoms with E-state index in [4.69, 9.17) is 0 Å². The van der Waals surface area contributed by atoms with E-state index >= 15 is 0 Å². The number of carbonyl (C=O) groups is 2. The fraction of sp³-hybridized carbons (Fsp3) is 0.440. The number of nitrogens with one attached hydrogen (secondary N) is 1. The molecule has 2 aliphatic rings. The smallest absolute Gasteiger partial charge is 0.228 e. The molecule has 2 amide bonds. The SMILES string of the molecule is CNC(=O)[C@@]1(Cc2ccc(-c3ccccc3F)cc2)CCCN(C(=O)C2CCC2)C1. The first-order valence-corrected chi connectivity index (χ1v) is 10.9. The molecule has 2 fully saturated rings. The third-order valence-electron chi connectivity index (χ3n) is 6.73. The maximum atomic E-state index is 14.1. The highest BCUT2D eigenvalue weighted by Crippen LogP contribution is 2.37. The average Bonchev–Trinajstić information content (AvgIpc) is 2.73. The third kappa shape index (κ3) is 3.98. The molecule has 1 aliphatic carbocycles. The Morgan fingerprint density at radius 1 is 1.10 bits per heavy atom. The Kier molecular flexibility index (Phi) is 5.89. The van der Waals surface area contributed by atoms with Crippen LogP contribution in [-0.4, -0.2) is 36.9 Å². The lowest BCUT2D eigenvalue weighted by molar-refractivity contribution is -0.146. The van der Waals surface area contributed by atoms with Crippen LogP contribution in [0.2, 0.25) is 0 Å². The molecule has 2 aromatic rings. The molecule has 1 heterocycles. The molecule has 4 rings (SSSR count). The van der Waals surface area contributed by atoms with Gasteiger partial charge >= 0.3 is 0 Å². The topological polar surface area (TPSA) is 49.4 Å². The van der Waals surface area contributed by atoms with E-state index < -0.39 is 5.41 Å². The Bertz CT molecular complexity index is 923. The maximum absolute atomic E-state index is 14.1. The lowest BCUT2D eigenvalue weighted by atomic mass is 9.73. The van der Waals surface area contributed by atoms with Crippen LogP contribution in [-0.2, 0) is 16.0 Å². The van der Waals surface area contributed by atoms with E-state index in [1.165, 1.54) is 6.07 Å². The van der Waals surface area contributed by atoms with Gasteiger partial charge in [0.25, 0.3) is 0 Å². The van der Waals surface area contributed by atoms with Crippen LogP contribution in [0.15, 0.2) is 48.5 Å². The van der Waals surface area contributed by atoms with Crippen LogP contribution >= 0.6 is 0 Å². The number of rotatable bonds is 5. The molecule has 0 radical (unpaired) electrons. The Balaban J connectivity index is 1.55. The summed E-state index contributed by atoms with van der Waals surface area (Å²) in [6.07, 6.45) is 5.23. The Morgan fingerprint density at radius 2 is 1.83 bits per heavy atom. The van der Waals surface area contributed by atoms with Crippen molar-refractivity contribution in [3.63, 3.8) is 0 Å². The van der Waals surface area contributed by atoms with Gasteiger partial charge in [0.1, 0.15) is 5.82 Å². The first-order chi connectivity index (χ1) is 14.5. The molecular weight excluding hydrogens is 379 g/mol. The molecule has 5 heteroatoms.